The van der Waals surface area contributed by atoms with Gasteiger partial charge in [-0.1, -0.05) is 6.07 Å². The second kappa shape index (κ2) is 2.80. The lowest BCUT2D eigenvalue weighted by atomic mass is 10.2. The number of nitrogens with zero attached hydrogens (tertiary/aromatic N) is 3. The van der Waals surface area contributed by atoms with Crippen molar-refractivity contribution in [1.29, 1.82) is 0 Å². The summed E-state index contributed by atoms with van der Waals surface area (Å²) in [4.78, 5) is 10.8. The van der Waals surface area contributed by atoms with Crippen molar-refractivity contribution in [1.82, 2.24) is 14.6 Å². The van der Waals surface area contributed by atoms with Gasteiger partial charge in [0.05, 0.1) is 0 Å². The van der Waals surface area contributed by atoms with Crippen molar-refractivity contribution in [2.75, 3.05) is 0 Å². The molecule has 0 amide bonds. The van der Waals surface area contributed by atoms with Crippen molar-refractivity contribution in [3.05, 3.63) is 29.2 Å². The van der Waals surface area contributed by atoms with E-state index in [0.717, 1.165) is 11.3 Å². The molecule has 2 aromatic rings. The second-order valence-electron chi connectivity index (χ2n) is 3.12. The molecule has 0 aliphatic carbocycles. The van der Waals surface area contributed by atoms with Gasteiger partial charge < -0.3 is 5.11 Å². The Hall–Kier alpha value is -1.91. The van der Waals surface area contributed by atoms with Gasteiger partial charge in [0.15, 0.2) is 5.65 Å². The van der Waals surface area contributed by atoms with Gasteiger partial charge in [-0.3, -0.25) is 4.40 Å². The molecule has 2 rings (SSSR count). The largest absolute Gasteiger partial charge is 0.475 e. The van der Waals surface area contributed by atoms with Crippen LogP contribution in [0.25, 0.3) is 5.65 Å². The van der Waals surface area contributed by atoms with Crippen LogP contribution in [0.4, 0.5) is 0 Å². The molecule has 5 nitrogen and oxygen atoms in total. The van der Waals surface area contributed by atoms with Crippen LogP contribution in [-0.4, -0.2) is 25.7 Å². The Balaban J connectivity index is 2.89. The summed E-state index contributed by atoms with van der Waals surface area (Å²) in [6, 6.07) is 3.65. The number of carbonyl (C=O) groups is 1. The zero-order valence-electron chi connectivity index (χ0n) is 7.85. The summed E-state index contributed by atoms with van der Waals surface area (Å²) in [5.41, 5.74) is 2.43. The Bertz CT molecular complexity index is 516. The third kappa shape index (κ3) is 1.06. The maximum absolute atomic E-state index is 10.8. The van der Waals surface area contributed by atoms with E-state index in [9.17, 15) is 4.79 Å². The van der Waals surface area contributed by atoms with E-state index in [4.69, 9.17) is 5.11 Å². The minimum Gasteiger partial charge on any atom is -0.475 e. The van der Waals surface area contributed by atoms with Crippen LogP contribution >= 0.6 is 0 Å². The minimum absolute atomic E-state index is 0.0406. The summed E-state index contributed by atoms with van der Waals surface area (Å²) in [7, 11) is 0. The predicted octanol–water partition coefficient (Wildman–Crippen LogP) is 1.04. The Morgan fingerprint density at radius 1 is 1.36 bits per heavy atom. The van der Waals surface area contributed by atoms with Gasteiger partial charge in [-0.05, 0) is 25.5 Å². The van der Waals surface area contributed by atoms with E-state index in [1.165, 1.54) is 4.40 Å². The fourth-order valence-corrected chi connectivity index (χ4v) is 1.37. The molecule has 72 valence electrons. The summed E-state index contributed by atoms with van der Waals surface area (Å²) in [5.74, 6) is -1.10. The van der Waals surface area contributed by atoms with Crippen LogP contribution in [0.5, 0.6) is 0 Å². The zero-order valence-corrected chi connectivity index (χ0v) is 7.85. The Morgan fingerprint density at radius 3 is 2.71 bits per heavy atom. The first kappa shape index (κ1) is 8.68. The molecular weight excluding hydrogens is 182 g/mol. The molecule has 0 fully saturated rings. The summed E-state index contributed by atoms with van der Waals surface area (Å²) in [6.07, 6.45) is 0. The van der Waals surface area contributed by atoms with Crippen molar-refractivity contribution in [3.63, 3.8) is 0 Å². The van der Waals surface area contributed by atoms with Gasteiger partial charge in [0, 0.05) is 5.69 Å². The average molecular weight is 191 g/mol. The number of carboxylic acids is 1. The molecule has 0 aromatic carbocycles. The Labute approximate surface area is 80.0 Å². The van der Waals surface area contributed by atoms with Crippen LogP contribution in [0.15, 0.2) is 12.1 Å². The lowest BCUT2D eigenvalue weighted by Crippen LogP contribution is -2.06. The van der Waals surface area contributed by atoms with Gasteiger partial charge in [0.2, 0.25) is 5.82 Å². The van der Waals surface area contributed by atoms with Crippen molar-refractivity contribution >= 4 is 11.6 Å². The third-order valence-corrected chi connectivity index (χ3v) is 2.27. The monoisotopic (exact) mass is 191 g/mol. The number of fused-ring (bicyclic) bond motifs is 1. The molecule has 0 atom stereocenters. The fourth-order valence-electron chi connectivity index (χ4n) is 1.37. The van der Waals surface area contributed by atoms with Crippen LogP contribution in [-0.2, 0) is 0 Å². The molecule has 0 saturated carbocycles. The molecule has 2 aromatic heterocycles. The summed E-state index contributed by atoms with van der Waals surface area (Å²) >= 11 is 0. The first-order valence-corrected chi connectivity index (χ1v) is 4.16. The fraction of sp³-hybridized carbons (Fsp3) is 0.222. The number of aryl methyl sites for hydroxylation is 2. The highest BCUT2D eigenvalue weighted by atomic mass is 16.4. The van der Waals surface area contributed by atoms with Crippen LogP contribution in [0.2, 0.25) is 0 Å². The summed E-state index contributed by atoms with van der Waals surface area (Å²) < 4.78 is 1.54. The minimum atomic E-state index is -1.06. The molecule has 2 heterocycles. The van der Waals surface area contributed by atoms with E-state index >= 15 is 0 Å². The van der Waals surface area contributed by atoms with Crippen LogP contribution < -0.4 is 0 Å². The van der Waals surface area contributed by atoms with E-state index in [1.54, 1.807) is 6.07 Å². The molecule has 0 aliphatic heterocycles. The lowest BCUT2D eigenvalue weighted by Gasteiger charge is -2.03. The SMILES string of the molecule is Cc1ccc2nnc(C(=O)O)n2c1C. The van der Waals surface area contributed by atoms with Crippen molar-refractivity contribution in [3.8, 4) is 0 Å². The van der Waals surface area contributed by atoms with Crippen molar-refractivity contribution < 1.29 is 9.90 Å². The second-order valence-corrected chi connectivity index (χ2v) is 3.12. The molecule has 0 radical (unpaired) electrons. The molecule has 5 heteroatoms. The van der Waals surface area contributed by atoms with Crippen LogP contribution in [0, 0.1) is 13.8 Å². The van der Waals surface area contributed by atoms with Crippen LogP contribution in [0.3, 0.4) is 0 Å². The van der Waals surface area contributed by atoms with Gasteiger partial charge >= 0.3 is 5.97 Å². The quantitative estimate of drug-likeness (QED) is 0.731. The summed E-state index contributed by atoms with van der Waals surface area (Å²) in [6.45, 7) is 3.76. The maximum atomic E-state index is 10.8. The molecule has 0 aliphatic rings. The van der Waals surface area contributed by atoms with Gasteiger partial charge in [0.1, 0.15) is 0 Å². The van der Waals surface area contributed by atoms with Gasteiger partial charge in [-0.15, -0.1) is 10.2 Å². The highest BCUT2D eigenvalue weighted by Crippen LogP contribution is 2.11. The lowest BCUT2D eigenvalue weighted by molar-refractivity contribution is 0.0682. The van der Waals surface area contributed by atoms with E-state index in [2.05, 4.69) is 10.2 Å². The highest BCUT2D eigenvalue weighted by Gasteiger charge is 2.14. The molecule has 0 bridgehead atoms. The van der Waals surface area contributed by atoms with E-state index < -0.39 is 5.97 Å². The number of hydrogen-bond donors (Lipinski definition) is 1. The molecule has 14 heavy (non-hydrogen) atoms. The summed E-state index contributed by atoms with van der Waals surface area (Å²) in [5, 5.41) is 16.2. The first-order chi connectivity index (χ1) is 6.61. The molecule has 0 unspecified atom stereocenters. The Morgan fingerprint density at radius 2 is 2.07 bits per heavy atom. The van der Waals surface area contributed by atoms with Crippen molar-refractivity contribution in [2.45, 2.75) is 13.8 Å². The van der Waals surface area contributed by atoms with E-state index in [-0.39, 0.29) is 5.82 Å². The molecule has 0 saturated heterocycles. The molecule has 1 N–H and O–H groups in total. The smallest absolute Gasteiger partial charge is 0.374 e. The number of rotatable bonds is 1. The van der Waals surface area contributed by atoms with Gasteiger partial charge in [-0.2, -0.15) is 0 Å². The topological polar surface area (TPSA) is 67.5 Å². The number of aromatic nitrogens is 3. The number of aromatic carboxylic acids is 1. The van der Waals surface area contributed by atoms with Gasteiger partial charge in [-0.25, -0.2) is 4.79 Å². The van der Waals surface area contributed by atoms with Crippen molar-refractivity contribution in [2.24, 2.45) is 0 Å². The number of carboxylic acid groups (broad SMARTS) is 1. The van der Waals surface area contributed by atoms with E-state index in [1.807, 2.05) is 19.9 Å². The van der Waals surface area contributed by atoms with E-state index in [0.29, 0.717) is 5.65 Å². The predicted molar refractivity (Wildman–Crippen MR) is 49.4 cm³/mol. The normalized spacial score (nSPS) is 10.7. The molecule has 0 spiro atoms. The standard InChI is InChI=1S/C9H9N3O2/c1-5-3-4-7-10-11-8(9(13)14)12(7)6(5)2/h3-4H,1-2H3,(H,13,14). The highest BCUT2D eigenvalue weighted by molar-refractivity contribution is 5.84. The Kier molecular flexibility index (Phi) is 1.73. The first-order valence-electron chi connectivity index (χ1n) is 4.16. The third-order valence-electron chi connectivity index (χ3n) is 2.27. The van der Waals surface area contributed by atoms with Crippen LogP contribution in [0.1, 0.15) is 21.9 Å². The number of pyridine rings is 1. The van der Waals surface area contributed by atoms with Gasteiger partial charge in [0.25, 0.3) is 0 Å². The zero-order chi connectivity index (χ0) is 10.3. The molecular formula is C9H9N3O2. The average Bonchev–Trinajstić information content (AvgIpc) is 2.55. The number of hydrogen-bond acceptors (Lipinski definition) is 3. The maximum Gasteiger partial charge on any atom is 0.374 e.